The zero-order chi connectivity index (χ0) is 20.2. The molecule has 8 heteroatoms. The molecule has 2 fully saturated rings. The number of piperidine rings is 1. The molecule has 0 saturated carbocycles. The summed E-state index contributed by atoms with van der Waals surface area (Å²) in [5.74, 6) is -0.526. The number of carbonyl (C=O) groups is 4. The van der Waals surface area contributed by atoms with Crippen molar-refractivity contribution in [2.75, 3.05) is 13.1 Å². The highest BCUT2D eigenvalue weighted by Gasteiger charge is 2.42. The fourth-order valence-electron chi connectivity index (χ4n) is 3.58. The first kappa shape index (κ1) is 21.2. The lowest BCUT2D eigenvalue weighted by Crippen LogP contribution is -2.58. The Kier molecular flexibility index (Phi) is 6.84. The van der Waals surface area contributed by atoms with Gasteiger partial charge in [-0.15, -0.1) is 0 Å². The molecular weight excluding hydrogens is 350 g/mol. The molecule has 2 aliphatic rings. The summed E-state index contributed by atoms with van der Waals surface area (Å²) >= 11 is 0. The van der Waals surface area contributed by atoms with Crippen LogP contribution in [0.15, 0.2) is 0 Å². The normalized spacial score (nSPS) is 24.3. The number of carbonyl (C=O) groups excluding carboxylic acids is 4. The van der Waals surface area contributed by atoms with Crippen LogP contribution >= 0.6 is 0 Å². The molecule has 3 amide bonds. The van der Waals surface area contributed by atoms with E-state index in [1.165, 1.54) is 4.90 Å². The second-order valence-corrected chi connectivity index (χ2v) is 8.31. The van der Waals surface area contributed by atoms with Crippen LogP contribution in [-0.2, 0) is 19.1 Å². The summed E-state index contributed by atoms with van der Waals surface area (Å²) in [6.07, 6.45) is 3.67. The van der Waals surface area contributed by atoms with E-state index in [0.717, 1.165) is 19.3 Å². The van der Waals surface area contributed by atoms with E-state index in [1.807, 2.05) is 0 Å². The number of nitrogens with zero attached hydrogens (tertiary/aromatic N) is 2. The van der Waals surface area contributed by atoms with E-state index < -0.39 is 29.8 Å². The number of amides is 3. The number of hydrogen-bond acceptors (Lipinski definition) is 5. The minimum absolute atomic E-state index is 0.211. The molecule has 3 unspecified atom stereocenters. The smallest absolute Gasteiger partial charge is 0.410 e. The van der Waals surface area contributed by atoms with Crippen LogP contribution in [0.5, 0.6) is 0 Å². The third kappa shape index (κ3) is 5.43. The van der Waals surface area contributed by atoms with Crippen LogP contribution in [-0.4, -0.2) is 70.8 Å². The summed E-state index contributed by atoms with van der Waals surface area (Å²) in [6.45, 7) is 7.91. The molecule has 0 bridgehead atoms. The molecule has 3 atom stereocenters. The fraction of sp³-hybridized carbons (Fsp3) is 0.789. The molecule has 1 N–H and O–H groups in total. The van der Waals surface area contributed by atoms with Gasteiger partial charge in [-0.3, -0.25) is 14.5 Å². The van der Waals surface area contributed by atoms with Gasteiger partial charge in [-0.05, 0) is 59.8 Å². The Morgan fingerprint density at radius 2 is 1.67 bits per heavy atom. The first-order chi connectivity index (χ1) is 12.6. The van der Waals surface area contributed by atoms with E-state index in [4.69, 9.17) is 4.74 Å². The molecule has 0 aromatic rings. The van der Waals surface area contributed by atoms with Crippen molar-refractivity contribution in [3.05, 3.63) is 0 Å². The monoisotopic (exact) mass is 381 g/mol. The van der Waals surface area contributed by atoms with Gasteiger partial charge in [0.1, 0.15) is 24.0 Å². The molecular formula is C19H31N3O5. The van der Waals surface area contributed by atoms with Crippen molar-refractivity contribution in [3.63, 3.8) is 0 Å². The van der Waals surface area contributed by atoms with Crippen LogP contribution in [0.2, 0.25) is 0 Å². The van der Waals surface area contributed by atoms with Gasteiger partial charge in [0.25, 0.3) is 0 Å². The van der Waals surface area contributed by atoms with Crippen molar-refractivity contribution in [3.8, 4) is 0 Å². The zero-order valence-electron chi connectivity index (χ0n) is 16.7. The van der Waals surface area contributed by atoms with Crippen molar-refractivity contribution >= 4 is 24.2 Å². The predicted molar refractivity (Wildman–Crippen MR) is 99.0 cm³/mol. The summed E-state index contributed by atoms with van der Waals surface area (Å²) < 4.78 is 5.43. The van der Waals surface area contributed by atoms with Crippen LogP contribution in [0.3, 0.4) is 0 Å². The van der Waals surface area contributed by atoms with Crippen LogP contribution in [0, 0.1) is 0 Å². The van der Waals surface area contributed by atoms with Crippen molar-refractivity contribution in [1.29, 1.82) is 0 Å². The first-order valence-corrected chi connectivity index (χ1v) is 9.70. The van der Waals surface area contributed by atoms with E-state index in [0.29, 0.717) is 32.2 Å². The minimum Gasteiger partial charge on any atom is -0.444 e. The lowest BCUT2D eigenvalue weighted by Gasteiger charge is -2.38. The molecule has 2 aliphatic heterocycles. The average molecular weight is 381 g/mol. The molecule has 0 radical (unpaired) electrons. The molecule has 0 aromatic carbocycles. The van der Waals surface area contributed by atoms with Gasteiger partial charge in [-0.1, -0.05) is 0 Å². The van der Waals surface area contributed by atoms with E-state index in [9.17, 15) is 19.2 Å². The van der Waals surface area contributed by atoms with Crippen LogP contribution in [0.4, 0.5) is 4.79 Å². The van der Waals surface area contributed by atoms with Crippen LogP contribution in [0.25, 0.3) is 0 Å². The molecule has 8 nitrogen and oxygen atoms in total. The number of aldehydes is 1. The van der Waals surface area contributed by atoms with Crippen molar-refractivity contribution in [1.82, 2.24) is 15.1 Å². The van der Waals surface area contributed by atoms with Gasteiger partial charge in [-0.2, -0.15) is 0 Å². The van der Waals surface area contributed by atoms with Crippen LogP contribution < -0.4 is 5.32 Å². The SMILES string of the molecule is CC(C=O)NC(=O)C1CCCCN1C(=O)C1CCCN1C(=O)OC(C)(C)C. The summed E-state index contributed by atoms with van der Waals surface area (Å²) in [5, 5.41) is 2.63. The third-order valence-corrected chi connectivity index (χ3v) is 4.83. The first-order valence-electron chi connectivity index (χ1n) is 9.70. The maximum Gasteiger partial charge on any atom is 0.410 e. The molecule has 0 aromatic heterocycles. The third-order valence-electron chi connectivity index (χ3n) is 4.83. The van der Waals surface area contributed by atoms with Gasteiger partial charge in [0.2, 0.25) is 11.8 Å². The maximum atomic E-state index is 13.2. The van der Waals surface area contributed by atoms with Crippen molar-refractivity contribution in [2.45, 2.75) is 83.5 Å². The second kappa shape index (κ2) is 8.71. The highest BCUT2D eigenvalue weighted by molar-refractivity contribution is 5.92. The standard InChI is InChI=1S/C19H31N3O5/c1-13(12-23)20-16(24)14-8-5-6-10-21(14)17(25)15-9-7-11-22(15)18(26)27-19(2,3)4/h12-15H,5-11H2,1-4H3,(H,20,24). The Morgan fingerprint density at radius 3 is 2.30 bits per heavy atom. The number of hydrogen-bond donors (Lipinski definition) is 1. The highest BCUT2D eigenvalue weighted by atomic mass is 16.6. The predicted octanol–water partition coefficient (Wildman–Crippen LogP) is 1.47. The van der Waals surface area contributed by atoms with E-state index >= 15 is 0 Å². The minimum atomic E-state index is -0.633. The molecule has 0 spiro atoms. The Hall–Kier alpha value is -2.12. The maximum absolute atomic E-state index is 13.2. The number of likely N-dealkylation sites (tertiary alicyclic amines) is 2. The molecule has 2 rings (SSSR count). The van der Waals surface area contributed by atoms with E-state index in [1.54, 1.807) is 32.6 Å². The van der Waals surface area contributed by atoms with Crippen molar-refractivity contribution in [2.24, 2.45) is 0 Å². The molecule has 27 heavy (non-hydrogen) atoms. The molecule has 2 heterocycles. The summed E-state index contributed by atoms with van der Waals surface area (Å²) in [7, 11) is 0. The van der Waals surface area contributed by atoms with Gasteiger partial charge < -0.3 is 19.7 Å². The van der Waals surface area contributed by atoms with Gasteiger partial charge in [0.15, 0.2) is 0 Å². The topological polar surface area (TPSA) is 96.0 Å². The second-order valence-electron chi connectivity index (χ2n) is 8.31. The number of rotatable bonds is 4. The lowest BCUT2D eigenvalue weighted by molar-refractivity contribution is -0.146. The average Bonchev–Trinajstić information content (AvgIpc) is 3.09. The van der Waals surface area contributed by atoms with Gasteiger partial charge in [-0.25, -0.2) is 4.79 Å². The Balaban J connectivity index is 2.11. The largest absolute Gasteiger partial charge is 0.444 e. The number of ether oxygens (including phenoxy) is 1. The van der Waals surface area contributed by atoms with E-state index in [2.05, 4.69) is 5.32 Å². The fourth-order valence-corrected chi connectivity index (χ4v) is 3.58. The summed E-state index contributed by atoms with van der Waals surface area (Å²) in [5.41, 5.74) is -0.633. The Morgan fingerprint density at radius 1 is 1.04 bits per heavy atom. The highest BCUT2D eigenvalue weighted by Crippen LogP contribution is 2.26. The van der Waals surface area contributed by atoms with Crippen molar-refractivity contribution < 1.29 is 23.9 Å². The Bertz CT molecular complexity index is 586. The van der Waals surface area contributed by atoms with Gasteiger partial charge >= 0.3 is 6.09 Å². The van der Waals surface area contributed by atoms with Gasteiger partial charge in [0.05, 0.1) is 6.04 Å². The molecule has 2 saturated heterocycles. The summed E-state index contributed by atoms with van der Waals surface area (Å²) in [4.78, 5) is 52.1. The number of nitrogens with one attached hydrogen (secondary N) is 1. The quantitative estimate of drug-likeness (QED) is 0.744. The molecule has 152 valence electrons. The van der Waals surface area contributed by atoms with E-state index in [-0.39, 0.29) is 11.8 Å². The lowest BCUT2D eigenvalue weighted by atomic mass is 9.99. The van der Waals surface area contributed by atoms with Gasteiger partial charge in [0, 0.05) is 13.1 Å². The van der Waals surface area contributed by atoms with Crippen LogP contribution in [0.1, 0.15) is 59.8 Å². The molecule has 0 aliphatic carbocycles. The Labute approximate surface area is 160 Å². The zero-order valence-corrected chi connectivity index (χ0v) is 16.7. The summed E-state index contributed by atoms with van der Waals surface area (Å²) in [6, 6.07) is -1.80.